The Kier molecular flexibility index (Phi) is 4.84. The Morgan fingerprint density at radius 2 is 1.86 bits per heavy atom. The molecule has 1 saturated carbocycles. The monoisotopic (exact) mass is 387 g/mol. The minimum absolute atomic E-state index is 0.00958. The smallest absolute Gasteiger partial charge is 0.317 e. The molecule has 6 heteroatoms. The number of carbonyl (C=O) groups excluding carboxylic acids is 1. The first-order valence-electron chi connectivity index (χ1n) is 10.5. The SMILES string of the molecule is O=C(NCc1ccc(C2CC2)cn1)N1CCC(c2ccc3cccnc3n2)CC1. The lowest BCUT2D eigenvalue weighted by Crippen LogP contribution is -2.44. The minimum Gasteiger partial charge on any atom is -0.332 e. The molecule has 6 nitrogen and oxygen atoms in total. The highest BCUT2D eigenvalue weighted by Gasteiger charge is 2.25. The van der Waals surface area contributed by atoms with Gasteiger partial charge in [0.15, 0.2) is 5.65 Å². The summed E-state index contributed by atoms with van der Waals surface area (Å²) in [6, 6.07) is 12.3. The average Bonchev–Trinajstić information content (AvgIpc) is 3.63. The molecule has 1 aliphatic heterocycles. The third-order valence-corrected chi connectivity index (χ3v) is 6.00. The summed E-state index contributed by atoms with van der Waals surface area (Å²) in [5, 5.41) is 4.07. The maximum absolute atomic E-state index is 12.5. The molecule has 29 heavy (non-hydrogen) atoms. The van der Waals surface area contributed by atoms with Gasteiger partial charge in [0.25, 0.3) is 0 Å². The second-order valence-corrected chi connectivity index (χ2v) is 8.06. The van der Waals surface area contributed by atoms with Crippen LogP contribution in [0, 0.1) is 0 Å². The first-order valence-corrected chi connectivity index (χ1v) is 10.5. The maximum Gasteiger partial charge on any atom is 0.317 e. The number of amides is 2. The van der Waals surface area contributed by atoms with E-state index in [1.165, 1.54) is 18.4 Å². The van der Waals surface area contributed by atoms with Crippen LogP contribution in [0.15, 0.2) is 48.8 Å². The van der Waals surface area contributed by atoms with E-state index in [1.807, 2.05) is 29.3 Å². The van der Waals surface area contributed by atoms with E-state index in [-0.39, 0.29) is 6.03 Å². The molecule has 0 radical (unpaired) electrons. The molecule has 1 saturated heterocycles. The third-order valence-electron chi connectivity index (χ3n) is 6.00. The molecule has 4 heterocycles. The third kappa shape index (κ3) is 4.06. The predicted molar refractivity (Wildman–Crippen MR) is 112 cm³/mol. The van der Waals surface area contributed by atoms with E-state index >= 15 is 0 Å². The molecule has 0 unspecified atom stereocenters. The van der Waals surface area contributed by atoms with E-state index in [2.05, 4.69) is 33.5 Å². The molecule has 1 N–H and O–H groups in total. The Hall–Kier alpha value is -3.02. The van der Waals surface area contributed by atoms with Crippen molar-refractivity contribution in [3.63, 3.8) is 0 Å². The number of likely N-dealkylation sites (tertiary alicyclic amines) is 1. The van der Waals surface area contributed by atoms with Crippen molar-refractivity contribution < 1.29 is 4.79 Å². The van der Waals surface area contributed by atoms with Gasteiger partial charge in [-0.25, -0.2) is 14.8 Å². The molecular weight excluding hydrogens is 362 g/mol. The van der Waals surface area contributed by atoms with Crippen LogP contribution < -0.4 is 5.32 Å². The summed E-state index contributed by atoms with van der Waals surface area (Å²) in [5.74, 6) is 1.09. The zero-order chi connectivity index (χ0) is 19.6. The lowest BCUT2D eigenvalue weighted by Gasteiger charge is -2.31. The number of aromatic nitrogens is 3. The molecular formula is C23H25N5O. The molecule has 0 spiro atoms. The van der Waals surface area contributed by atoms with Gasteiger partial charge in [0.05, 0.1) is 12.2 Å². The van der Waals surface area contributed by atoms with E-state index in [9.17, 15) is 4.79 Å². The normalized spacial score (nSPS) is 17.4. The number of hydrogen-bond acceptors (Lipinski definition) is 4. The van der Waals surface area contributed by atoms with Gasteiger partial charge < -0.3 is 10.2 Å². The number of piperidine rings is 1. The highest BCUT2D eigenvalue weighted by Crippen LogP contribution is 2.39. The summed E-state index contributed by atoms with van der Waals surface area (Å²) >= 11 is 0. The van der Waals surface area contributed by atoms with Crippen LogP contribution >= 0.6 is 0 Å². The van der Waals surface area contributed by atoms with Gasteiger partial charge in [0.1, 0.15) is 0 Å². The van der Waals surface area contributed by atoms with Crippen molar-refractivity contribution >= 4 is 17.1 Å². The second-order valence-electron chi connectivity index (χ2n) is 8.06. The Morgan fingerprint density at radius 1 is 1.00 bits per heavy atom. The largest absolute Gasteiger partial charge is 0.332 e. The molecule has 2 amide bonds. The fraction of sp³-hybridized carbons (Fsp3) is 0.391. The van der Waals surface area contributed by atoms with E-state index in [1.54, 1.807) is 6.20 Å². The number of urea groups is 1. The van der Waals surface area contributed by atoms with E-state index < -0.39 is 0 Å². The number of pyridine rings is 3. The first kappa shape index (κ1) is 18.0. The summed E-state index contributed by atoms with van der Waals surface area (Å²) in [6.07, 6.45) is 8.13. The van der Waals surface area contributed by atoms with Crippen molar-refractivity contribution in [1.29, 1.82) is 0 Å². The number of hydrogen-bond donors (Lipinski definition) is 1. The number of nitrogens with one attached hydrogen (secondary N) is 1. The summed E-state index contributed by atoms with van der Waals surface area (Å²) in [5.41, 5.74) is 4.10. The second kappa shape index (κ2) is 7.78. The van der Waals surface area contributed by atoms with Crippen LogP contribution in [0.2, 0.25) is 0 Å². The summed E-state index contributed by atoms with van der Waals surface area (Å²) in [7, 11) is 0. The van der Waals surface area contributed by atoms with E-state index in [0.717, 1.165) is 48.4 Å². The molecule has 3 aromatic rings. The Bertz CT molecular complexity index is 1010. The van der Waals surface area contributed by atoms with Gasteiger partial charge in [-0.15, -0.1) is 0 Å². The average molecular weight is 387 g/mol. The summed E-state index contributed by atoms with van der Waals surface area (Å²) in [4.78, 5) is 28.0. The molecule has 0 bridgehead atoms. The van der Waals surface area contributed by atoms with Crippen LogP contribution in [0.4, 0.5) is 4.79 Å². The first-order chi connectivity index (χ1) is 14.3. The summed E-state index contributed by atoms with van der Waals surface area (Å²) in [6.45, 7) is 1.96. The minimum atomic E-state index is -0.00958. The molecule has 0 atom stereocenters. The maximum atomic E-state index is 12.5. The predicted octanol–water partition coefficient (Wildman–Crippen LogP) is 3.99. The van der Waals surface area contributed by atoms with Crippen LogP contribution in [0.3, 0.4) is 0 Å². The van der Waals surface area contributed by atoms with Gasteiger partial charge in [-0.3, -0.25) is 4.98 Å². The van der Waals surface area contributed by atoms with Crippen LogP contribution in [0.1, 0.15) is 54.5 Å². The van der Waals surface area contributed by atoms with Crippen molar-refractivity contribution in [1.82, 2.24) is 25.2 Å². The molecule has 2 aliphatic rings. The van der Waals surface area contributed by atoms with Gasteiger partial charge in [-0.05, 0) is 67.5 Å². The fourth-order valence-electron chi connectivity index (χ4n) is 4.05. The lowest BCUT2D eigenvalue weighted by molar-refractivity contribution is 0.180. The van der Waals surface area contributed by atoms with Crippen molar-refractivity contribution in [2.75, 3.05) is 13.1 Å². The quantitative estimate of drug-likeness (QED) is 0.735. The van der Waals surface area contributed by atoms with Crippen molar-refractivity contribution in [3.8, 4) is 0 Å². The zero-order valence-electron chi connectivity index (χ0n) is 16.4. The van der Waals surface area contributed by atoms with Crippen LogP contribution in [-0.2, 0) is 6.54 Å². The Morgan fingerprint density at radius 3 is 2.62 bits per heavy atom. The van der Waals surface area contributed by atoms with Gasteiger partial charge in [0, 0.05) is 42.5 Å². The van der Waals surface area contributed by atoms with Gasteiger partial charge >= 0.3 is 6.03 Å². The van der Waals surface area contributed by atoms with Crippen molar-refractivity contribution in [3.05, 3.63) is 65.7 Å². The lowest BCUT2D eigenvalue weighted by atomic mass is 9.93. The van der Waals surface area contributed by atoms with E-state index in [4.69, 9.17) is 4.98 Å². The molecule has 1 aliphatic carbocycles. The molecule has 0 aromatic carbocycles. The number of nitrogens with zero attached hydrogens (tertiary/aromatic N) is 4. The van der Waals surface area contributed by atoms with Crippen LogP contribution in [0.25, 0.3) is 11.0 Å². The van der Waals surface area contributed by atoms with Gasteiger partial charge in [0.2, 0.25) is 0 Å². The molecule has 148 valence electrons. The fourth-order valence-corrected chi connectivity index (χ4v) is 4.05. The highest BCUT2D eigenvalue weighted by molar-refractivity contribution is 5.75. The van der Waals surface area contributed by atoms with Crippen LogP contribution in [0.5, 0.6) is 0 Å². The van der Waals surface area contributed by atoms with Gasteiger partial charge in [-0.2, -0.15) is 0 Å². The topological polar surface area (TPSA) is 71.0 Å². The molecule has 3 aromatic heterocycles. The number of carbonyl (C=O) groups is 1. The Labute approximate surface area is 170 Å². The Balaban J connectivity index is 1.14. The van der Waals surface area contributed by atoms with Crippen molar-refractivity contribution in [2.45, 2.75) is 44.1 Å². The number of rotatable bonds is 4. The molecule has 2 fully saturated rings. The molecule has 5 rings (SSSR count). The number of fused-ring (bicyclic) bond motifs is 1. The van der Waals surface area contributed by atoms with Crippen LogP contribution in [-0.4, -0.2) is 39.0 Å². The summed E-state index contributed by atoms with van der Waals surface area (Å²) < 4.78 is 0. The zero-order valence-corrected chi connectivity index (χ0v) is 16.4. The van der Waals surface area contributed by atoms with E-state index in [0.29, 0.717) is 18.4 Å². The van der Waals surface area contributed by atoms with Gasteiger partial charge in [-0.1, -0.05) is 6.07 Å². The standard InChI is InChI=1S/C23H25N5O/c29-23(26-15-20-7-5-19(14-25-20)16-3-4-16)28-12-9-17(10-13-28)21-8-6-18-2-1-11-24-22(18)27-21/h1-2,5-8,11,14,16-17H,3-4,9-10,12-13,15H2,(H,26,29). The highest BCUT2D eigenvalue weighted by atomic mass is 16.2. The van der Waals surface area contributed by atoms with Crippen molar-refractivity contribution in [2.24, 2.45) is 0 Å².